The van der Waals surface area contributed by atoms with Gasteiger partial charge in [-0.25, -0.2) is 0 Å². The number of oxime groups is 1. The first-order chi connectivity index (χ1) is 6.31. The molecule has 13 heavy (non-hydrogen) atoms. The first-order valence-corrected chi connectivity index (χ1v) is 4.57. The van der Waals surface area contributed by atoms with Crippen LogP contribution in [-0.4, -0.2) is 6.21 Å². The summed E-state index contributed by atoms with van der Waals surface area (Å²) in [5, 5.41) is 3.88. The van der Waals surface area contributed by atoms with Crippen molar-refractivity contribution in [3.63, 3.8) is 0 Å². The minimum atomic E-state index is -0.226. The van der Waals surface area contributed by atoms with E-state index in [9.17, 15) is 0 Å². The highest BCUT2D eigenvalue weighted by Gasteiger charge is 2.29. The molecule has 1 aromatic carbocycles. The first-order valence-electron chi connectivity index (χ1n) is 4.57. The van der Waals surface area contributed by atoms with E-state index in [4.69, 9.17) is 4.84 Å². The van der Waals surface area contributed by atoms with Gasteiger partial charge in [-0.3, -0.25) is 0 Å². The van der Waals surface area contributed by atoms with Crippen molar-refractivity contribution < 1.29 is 4.84 Å². The Bertz CT molecular complexity index is 307. The second-order valence-corrected chi connectivity index (χ2v) is 3.51. The lowest BCUT2D eigenvalue weighted by Gasteiger charge is -2.29. The number of hydrogen-bond donors (Lipinski definition) is 0. The van der Waals surface area contributed by atoms with E-state index in [1.165, 1.54) is 5.56 Å². The molecule has 0 radical (unpaired) electrons. The third kappa shape index (κ3) is 1.57. The van der Waals surface area contributed by atoms with Crippen LogP contribution < -0.4 is 0 Å². The van der Waals surface area contributed by atoms with Gasteiger partial charge < -0.3 is 4.84 Å². The molecule has 2 nitrogen and oxygen atoms in total. The second-order valence-electron chi connectivity index (χ2n) is 3.51. The summed E-state index contributed by atoms with van der Waals surface area (Å²) in [5.41, 5.74) is 0.975. The van der Waals surface area contributed by atoms with Crippen molar-refractivity contribution in [2.45, 2.75) is 25.4 Å². The lowest BCUT2D eigenvalue weighted by Crippen LogP contribution is -2.26. The van der Waals surface area contributed by atoms with Crippen LogP contribution in [0.1, 0.15) is 25.3 Å². The lowest BCUT2D eigenvalue weighted by atomic mass is 9.91. The zero-order valence-electron chi connectivity index (χ0n) is 7.73. The largest absolute Gasteiger partial charge is 0.385 e. The monoisotopic (exact) mass is 175 g/mol. The van der Waals surface area contributed by atoms with Crippen LogP contribution in [0.5, 0.6) is 0 Å². The summed E-state index contributed by atoms with van der Waals surface area (Å²) in [4.78, 5) is 5.42. The van der Waals surface area contributed by atoms with Gasteiger partial charge in [0, 0.05) is 6.21 Å². The SMILES string of the molecule is CC1(c2ccccc2)CCC=NO1. The van der Waals surface area contributed by atoms with Crippen LogP contribution in [0.3, 0.4) is 0 Å². The van der Waals surface area contributed by atoms with Crippen molar-refractivity contribution >= 4 is 6.21 Å². The van der Waals surface area contributed by atoms with Gasteiger partial charge in [-0.15, -0.1) is 0 Å². The van der Waals surface area contributed by atoms with Crippen LogP contribution in [0.15, 0.2) is 35.5 Å². The maximum absolute atomic E-state index is 5.42. The van der Waals surface area contributed by atoms with Crippen molar-refractivity contribution in [3.8, 4) is 0 Å². The topological polar surface area (TPSA) is 21.6 Å². The fourth-order valence-electron chi connectivity index (χ4n) is 1.58. The molecule has 0 saturated heterocycles. The summed E-state index contributed by atoms with van der Waals surface area (Å²) in [6, 6.07) is 10.2. The van der Waals surface area contributed by atoms with Crippen molar-refractivity contribution in [1.82, 2.24) is 0 Å². The molecule has 2 heteroatoms. The van der Waals surface area contributed by atoms with Gasteiger partial charge in [-0.05, 0) is 25.3 Å². The average Bonchev–Trinajstić information content (AvgIpc) is 2.20. The van der Waals surface area contributed by atoms with Crippen LogP contribution in [0.2, 0.25) is 0 Å². The van der Waals surface area contributed by atoms with Crippen LogP contribution in [0.25, 0.3) is 0 Å². The third-order valence-corrected chi connectivity index (χ3v) is 2.46. The van der Waals surface area contributed by atoms with E-state index in [0.717, 1.165) is 12.8 Å². The van der Waals surface area contributed by atoms with E-state index in [2.05, 4.69) is 24.2 Å². The third-order valence-electron chi connectivity index (χ3n) is 2.46. The molecule has 0 aromatic heterocycles. The predicted molar refractivity (Wildman–Crippen MR) is 52.6 cm³/mol. The molecule has 1 aromatic rings. The summed E-state index contributed by atoms with van der Waals surface area (Å²) in [6.07, 6.45) is 3.82. The van der Waals surface area contributed by atoms with Crippen molar-refractivity contribution in [2.75, 3.05) is 0 Å². The average molecular weight is 175 g/mol. The van der Waals surface area contributed by atoms with E-state index < -0.39 is 0 Å². The Morgan fingerprint density at radius 3 is 2.69 bits per heavy atom. The number of nitrogens with zero attached hydrogens (tertiary/aromatic N) is 1. The van der Waals surface area contributed by atoms with E-state index >= 15 is 0 Å². The Balaban J connectivity index is 2.29. The Kier molecular flexibility index (Phi) is 2.05. The van der Waals surface area contributed by atoms with Gasteiger partial charge in [0.25, 0.3) is 0 Å². The van der Waals surface area contributed by atoms with E-state index in [1.54, 1.807) is 0 Å². The Morgan fingerprint density at radius 1 is 1.31 bits per heavy atom. The molecule has 0 spiro atoms. The van der Waals surface area contributed by atoms with Crippen LogP contribution >= 0.6 is 0 Å². The summed E-state index contributed by atoms with van der Waals surface area (Å²) in [6.45, 7) is 2.08. The molecule has 1 heterocycles. The number of benzene rings is 1. The Hall–Kier alpha value is -1.31. The molecule has 0 N–H and O–H groups in total. The van der Waals surface area contributed by atoms with E-state index in [1.807, 2.05) is 24.4 Å². The summed E-state index contributed by atoms with van der Waals surface area (Å²) < 4.78 is 0. The van der Waals surface area contributed by atoms with Gasteiger partial charge in [0.2, 0.25) is 0 Å². The molecule has 2 rings (SSSR count). The fraction of sp³-hybridized carbons (Fsp3) is 0.364. The van der Waals surface area contributed by atoms with Crippen molar-refractivity contribution in [3.05, 3.63) is 35.9 Å². The smallest absolute Gasteiger partial charge is 0.160 e. The number of hydrogen-bond acceptors (Lipinski definition) is 2. The molecule has 0 fully saturated rings. The Morgan fingerprint density at radius 2 is 2.08 bits per heavy atom. The first kappa shape index (κ1) is 8.30. The highest BCUT2D eigenvalue weighted by molar-refractivity contribution is 5.57. The van der Waals surface area contributed by atoms with Gasteiger partial charge in [-0.1, -0.05) is 35.5 Å². The normalized spacial score (nSPS) is 26.8. The lowest BCUT2D eigenvalue weighted by molar-refractivity contribution is -0.0465. The summed E-state index contributed by atoms with van der Waals surface area (Å²) in [5.74, 6) is 0. The van der Waals surface area contributed by atoms with Crippen LogP contribution in [0.4, 0.5) is 0 Å². The maximum Gasteiger partial charge on any atom is 0.160 e. The quantitative estimate of drug-likeness (QED) is 0.643. The summed E-state index contributed by atoms with van der Waals surface area (Å²) in [7, 11) is 0. The molecular weight excluding hydrogens is 162 g/mol. The van der Waals surface area contributed by atoms with Crippen molar-refractivity contribution in [2.24, 2.45) is 5.16 Å². The zero-order chi connectivity index (χ0) is 9.15. The molecule has 0 amide bonds. The molecule has 1 atom stereocenters. The maximum atomic E-state index is 5.42. The fourth-order valence-corrected chi connectivity index (χ4v) is 1.58. The molecule has 1 unspecified atom stereocenters. The van der Waals surface area contributed by atoms with Crippen LogP contribution in [-0.2, 0) is 10.4 Å². The highest BCUT2D eigenvalue weighted by Crippen LogP contribution is 2.32. The van der Waals surface area contributed by atoms with Crippen molar-refractivity contribution in [1.29, 1.82) is 0 Å². The zero-order valence-corrected chi connectivity index (χ0v) is 7.73. The van der Waals surface area contributed by atoms with Gasteiger partial charge in [0.05, 0.1) is 0 Å². The van der Waals surface area contributed by atoms with Gasteiger partial charge in [0.15, 0.2) is 5.60 Å². The summed E-state index contributed by atoms with van der Waals surface area (Å²) >= 11 is 0. The minimum absolute atomic E-state index is 0.226. The molecule has 68 valence electrons. The van der Waals surface area contributed by atoms with E-state index in [-0.39, 0.29) is 5.60 Å². The Labute approximate surface area is 78.2 Å². The van der Waals surface area contributed by atoms with Crippen LogP contribution in [0, 0.1) is 0 Å². The molecule has 0 bridgehead atoms. The molecule has 1 aliphatic heterocycles. The second kappa shape index (κ2) is 3.21. The van der Waals surface area contributed by atoms with Gasteiger partial charge in [0.1, 0.15) is 0 Å². The number of rotatable bonds is 1. The van der Waals surface area contributed by atoms with Gasteiger partial charge >= 0.3 is 0 Å². The van der Waals surface area contributed by atoms with Gasteiger partial charge in [-0.2, -0.15) is 0 Å². The molecule has 1 aliphatic rings. The molecule has 0 saturated carbocycles. The highest BCUT2D eigenvalue weighted by atomic mass is 16.6. The minimum Gasteiger partial charge on any atom is -0.385 e. The molecule has 0 aliphatic carbocycles. The predicted octanol–water partition coefficient (Wildman–Crippen LogP) is 2.70. The standard InChI is InChI=1S/C11H13NO/c1-11(8-5-9-12-13-11)10-6-3-2-4-7-10/h2-4,6-7,9H,5,8H2,1H3. The van der Waals surface area contributed by atoms with E-state index in [0.29, 0.717) is 0 Å². The molecular formula is C11H13NO.